The highest BCUT2D eigenvalue weighted by molar-refractivity contribution is 5.91. The van der Waals surface area contributed by atoms with Gasteiger partial charge in [0.25, 0.3) is 0 Å². The molecule has 160 valence electrons. The quantitative estimate of drug-likeness (QED) is 0.640. The number of amides is 2. The number of ether oxygens (including phenoxy) is 1. The number of nitrogens with one attached hydrogen (secondary N) is 3. The SMILES string of the molecule is O=C(Cc1cc(F)cc(F)c1)Nc1cc([C@@H]2CC[C@H](OC(=O)NCC3CC3)C2)[nH]n1. The lowest BCUT2D eigenvalue weighted by molar-refractivity contribution is -0.115. The number of H-pyrrole nitrogens is 1. The van der Waals surface area contributed by atoms with Crippen molar-refractivity contribution in [1.29, 1.82) is 0 Å². The summed E-state index contributed by atoms with van der Waals surface area (Å²) >= 11 is 0. The Hall–Kier alpha value is -2.97. The number of aromatic nitrogens is 2. The molecular weight excluding hydrogens is 394 g/mol. The fraction of sp³-hybridized carbons (Fsp3) is 0.476. The molecule has 0 radical (unpaired) electrons. The fourth-order valence-corrected chi connectivity index (χ4v) is 3.77. The van der Waals surface area contributed by atoms with Gasteiger partial charge in [0.15, 0.2) is 5.82 Å². The van der Waals surface area contributed by atoms with Gasteiger partial charge >= 0.3 is 6.09 Å². The van der Waals surface area contributed by atoms with Crippen LogP contribution in [0.3, 0.4) is 0 Å². The van der Waals surface area contributed by atoms with Gasteiger partial charge in [0.1, 0.15) is 17.7 Å². The number of alkyl carbamates (subject to hydrolysis) is 1. The lowest BCUT2D eigenvalue weighted by atomic mass is 10.0. The zero-order valence-corrected chi connectivity index (χ0v) is 16.4. The molecule has 3 N–H and O–H groups in total. The number of rotatable bonds is 7. The molecule has 2 aliphatic rings. The summed E-state index contributed by atoms with van der Waals surface area (Å²) in [4.78, 5) is 24.0. The Bertz CT molecular complexity index is 908. The van der Waals surface area contributed by atoms with Crippen LogP contribution < -0.4 is 10.6 Å². The highest BCUT2D eigenvalue weighted by Gasteiger charge is 2.30. The second-order valence-electron chi connectivity index (χ2n) is 8.07. The standard InChI is InChI=1S/C21H24F2N4O3/c22-15-5-13(6-16(23)9-15)7-20(28)25-19-10-18(26-27-19)14-3-4-17(8-14)30-21(29)24-11-12-1-2-12/h5-6,9-10,12,14,17H,1-4,7-8,11H2,(H,24,29)(H2,25,26,27,28)/t14-,17+/m1/s1. The molecule has 1 aromatic heterocycles. The van der Waals surface area contributed by atoms with Crippen LogP contribution in [-0.2, 0) is 16.0 Å². The van der Waals surface area contributed by atoms with E-state index in [-0.39, 0.29) is 30.1 Å². The summed E-state index contributed by atoms with van der Waals surface area (Å²) in [7, 11) is 0. The van der Waals surface area contributed by atoms with Gasteiger partial charge in [-0.3, -0.25) is 9.89 Å². The summed E-state index contributed by atoms with van der Waals surface area (Å²) in [5, 5.41) is 12.4. The lowest BCUT2D eigenvalue weighted by Crippen LogP contribution is -2.29. The molecule has 1 heterocycles. The van der Waals surface area contributed by atoms with Crippen molar-refractivity contribution < 1.29 is 23.1 Å². The average molecular weight is 418 g/mol. The van der Waals surface area contributed by atoms with Crippen LogP contribution in [0.2, 0.25) is 0 Å². The topological polar surface area (TPSA) is 96.1 Å². The maximum absolute atomic E-state index is 13.2. The predicted octanol–water partition coefficient (Wildman–Crippen LogP) is 3.64. The third-order valence-electron chi connectivity index (χ3n) is 5.48. The first-order valence-corrected chi connectivity index (χ1v) is 10.2. The van der Waals surface area contributed by atoms with Crippen molar-refractivity contribution in [1.82, 2.24) is 15.5 Å². The van der Waals surface area contributed by atoms with E-state index in [4.69, 9.17) is 4.74 Å². The normalized spacial score (nSPS) is 20.7. The minimum absolute atomic E-state index is 0.140. The van der Waals surface area contributed by atoms with Crippen molar-refractivity contribution in [3.05, 3.63) is 47.2 Å². The van der Waals surface area contributed by atoms with E-state index in [2.05, 4.69) is 20.8 Å². The van der Waals surface area contributed by atoms with E-state index >= 15 is 0 Å². The van der Waals surface area contributed by atoms with Crippen LogP contribution >= 0.6 is 0 Å². The van der Waals surface area contributed by atoms with Gasteiger partial charge in [-0.2, -0.15) is 5.10 Å². The third-order valence-corrected chi connectivity index (χ3v) is 5.48. The summed E-state index contributed by atoms with van der Waals surface area (Å²) in [6.45, 7) is 0.681. The molecule has 4 rings (SSSR count). The highest BCUT2D eigenvalue weighted by Crippen LogP contribution is 2.36. The Balaban J connectivity index is 1.25. The largest absolute Gasteiger partial charge is 0.446 e. The van der Waals surface area contributed by atoms with E-state index < -0.39 is 17.5 Å². The van der Waals surface area contributed by atoms with E-state index in [1.54, 1.807) is 6.07 Å². The van der Waals surface area contributed by atoms with Gasteiger partial charge in [0.2, 0.25) is 5.91 Å². The molecule has 2 aromatic rings. The van der Waals surface area contributed by atoms with Crippen LogP contribution in [0.1, 0.15) is 49.3 Å². The van der Waals surface area contributed by atoms with Crippen molar-refractivity contribution in [2.75, 3.05) is 11.9 Å². The zero-order chi connectivity index (χ0) is 21.1. The van der Waals surface area contributed by atoms with Crippen LogP contribution in [0, 0.1) is 17.6 Å². The minimum atomic E-state index is -0.723. The second kappa shape index (κ2) is 8.81. The van der Waals surface area contributed by atoms with Crippen molar-refractivity contribution in [3.8, 4) is 0 Å². The molecule has 0 spiro atoms. The first kappa shape index (κ1) is 20.3. The van der Waals surface area contributed by atoms with Crippen LogP contribution in [0.5, 0.6) is 0 Å². The van der Waals surface area contributed by atoms with Crippen molar-refractivity contribution >= 4 is 17.8 Å². The van der Waals surface area contributed by atoms with Gasteiger partial charge in [-0.15, -0.1) is 0 Å². The number of benzene rings is 1. The molecule has 0 bridgehead atoms. The van der Waals surface area contributed by atoms with E-state index in [1.165, 1.54) is 12.8 Å². The summed E-state index contributed by atoms with van der Waals surface area (Å²) in [5.41, 5.74) is 1.10. The number of carbonyl (C=O) groups excluding carboxylic acids is 2. The molecule has 2 amide bonds. The van der Waals surface area contributed by atoms with Crippen LogP contribution in [0.25, 0.3) is 0 Å². The molecule has 0 aliphatic heterocycles. The number of hydrogen-bond acceptors (Lipinski definition) is 4. The third kappa shape index (κ3) is 5.55. The Morgan fingerprint density at radius 3 is 2.60 bits per heavy atom. The molecule has 2 fully saturated rings. The molecular formula is C21H24F2N4O3. The van der Waals surface area contributed by atoms with Gasteiger partial charge < -0.3 is 15.4 Å². The van der Waals surface area contributed by atoms with E-state index in [1.807, 2.05) is 0 Å². The Morgan fingerprint density at radius 1 is 1.10 bits per heavy atom. The average Bonchev–Trinajstić information content (AvgIpc) is 3.19. The molecule has 7 nitrogen and oxygen atoms in total. The molecule has 9 heteroatoms. The molecule has 2 saturated carbocycles. The lowest BCUT2D eigenvalue weighted by Gasteiger charge is -2.13. The first-order chi connectivity index (χ1) is 14.4. The maximum Gasteiger partial charge on any atom is 0.407 e. The van der Waals surface area contributed by atoms with Gasteiger partial charge in [-0.05, 0) is 55.7 Å². The molecule has 0 saturated heterocycles. The first-order valence-electron chi connectivity index (χ1n) is 10.2. The Kier molecular flexibility index (Phi) is 5.96. The van der Waals surface area contributed by atoms with Gasteiger partial charge in [-0.25, -0.2) is 13.6 Å². The summed E-state index contributed by atoms with van der Waals surface area (Å²) < 4.78 is 32.0. The second-order valence-corrected chi connectivity index (χ2v) is 8.07. The molecule has 0 unspecified atom stereocenters. The number of nitrogens with zero attached hydrogens (tertiary/aromatic N) is 1. The van der Waals surface area contributed by atoms with Crippen molar-refractivity contribution in [2.24, 2.45) is 5.92 Å². The fourth-order valence-electron chi connectivity index (χ4n) is 3.77. The number of halogens is 2. The van der Waals surface area contributed by atoms with E-state index in [0.29, 0.717) is 24.7 Å². The van der Waals surface area contributed by atoms with Crippen LogP contribution in [0.4, 0.5) is 19.4 Å². The summed E-state index contributed by atoms with van der Waals surface area (Å²) in [5.74, 6) is -0.760. The summed E-state index contributed by atoms with van der Waals surface area (Å²) in [6.07, 6.45) is 3.98. The monoisotopic (exact) mass is 418 g/mol. The molecule has 2 aliphatic carbocycles. The number of carbonyl (C=O) groups is 2. The van der Waals surface area contributed by atoms with E-state index in [0.717, 1.165) is 36.7 Å². The Labute approximate surface area is 172 Å². The Morgan fingerprint density at radius 2 is 1.87 bits per heavy atom. The van der Waals surface area contributed by atoms with Gasteiger partial charge in [0, 0.05) is 30.3 Å². The van der Waals surface area contributed by atoms with Crippen molar-refractivity contribution in [3.63, 3.8) is 0 Å². The van der Waals surface area contributed by atoms with Crippen LogP contribution in [-0.4, -0.2) is 34.8 Å². The maximum atomic E-state index is 13.2. The predicted molar refractivity (Wildman–Crippen MR) is 105 cm³/mol. The zero-order valence-electron chi connectivity index (χ0n) is 16.4. The molecule has 2 atom stereocenters. The number of aromatic amines is 1. The van der Waals surface area contributed by atoms with E-state index in [9.17, 15) is 18.4 Å². The smallest absolute Gasteiger partial charge is 0.407 e. The van der Waals surface area contributed by atoms with Gasteiger partial charge in [-0.1, -0.05) is 0 Å². The van der Waals surface area contributed by atoms with Crippen LogP contribution in [0.15, 0.2) is 24.3 Å². The highest BCUT2D eigenvalue weighted by atomic mass is 19.1. The molecule has 30 heavy (non-hydrogen) atoms. The minimum Gasteiger partial charge on any atom is -0.446 e. The number of hydrogen-bond donors (Lipinski definition) is 3. The van der Waals surface area contributed by atoms with Gasteiger partial charge in [0.05, 0.1) is 6.42 Å². The molecule has 1 aromatic carbocycles. The summed E-state index contributed by atoms with van der Waals surface area (Å²) in [6, 6.07) is 4.75. The van der Waals surface area contributed by atoms with Crippen molar-refractivity contribution in [2.45, 2.75) is 50.5 Å². The number of anilines is 1.